The molecule has 0 saturated heterocycles. The number of thiophene rings is 1. The highest BCUT2D eigenvalue weighted by Gasteiger charge is 2.36. The standard InChI is InChI=1S/C37H35N3O4S3/c1-4-30(34(41)39-35-33(36(42)44-5-2)27(22-45-35)24-19-17-23(3)18-20-24)46-26-12-10-11-25(21-26)38-37(43)40-28-13-6-8-15-31(28)47-32-16-9-7-14-29(32)40/h6-22,28,30-31H,4-5H2,1-3H3,(H,38,43)(H,39,41). The maximum absolute atomic E-state index is 13.8. The number of hydrogen-bond donors (Lipinski definition) is 2. The van der Waals surface area contributed by atoms with Gasteiger partial charge in [-0.05, 0) is 56.2 Å². The van der Waals surface area contributed by atoms with Gasteiger partial charge in [-0.1, -0.05) is 79.3 Å². The van der Waals surface area contributed by atoms with Gasteiger partial charge in [-0.3, -0.25) is 9.69 Å². The second-order valence-corrected chi connectivity index (χ2v) is 14.5. The fourth-order valence-corrected chi connectivity index (χ4v) is 8.77. The maximum atomic E-state index is 13.8. The summed E-state index contributed by atoms with van der Waals surface area (Å²) in [6, 6.07) is 23.1. The van der Waals surface area contributed by atoms with E-state index in [2.05, 4.69) is 22.8 Å². The third kappa shape index (κ3) is 7.20. The van der Waals surface area contributed by atoms with E-state index in [1.165, 1.54) is 23.1 Å². The number of allylic oxidation sites excluding steroid dienone is 2. The average molecular weight is 682 g/mol. The summed E-state index contributed by atoms with van der Waals surface area (Å²) >= 11 is 4.49. The lowest BCUT2D eigenvalue weighted by Crippen LogP contribution is -2.49. The first kappa shape index (κ1) is 32.7. The van der Waals surface area contributed by atoms with E-state index in [0.29, 0.717) is 22.7 Å². The molecule has 3 atom stereocenters. The third-order valence-electron chi connectivity index (χ3n) is 7.86. The van der Waals surface area contributed by atoms with Crippen LogP contribution in [0, 0.1) is 6.92 Å². The quantitative estimate of drug-likeness (QED) is 0.135. The van der Waals surface area contributed by atoms with Crippen LogP contribution in [0.25, 0.3) is 11.1 Å². The van der Waals surface area contributed by atoms with Crippen LogP contribution in [0.15, 0.2) is 112 Å². The topological polar surface area (TPSA) is 87.7 Å². The molecule has 2 aliphatic rings. The summed E-state index contributed by atoms with van der Waals surface area (Å²) in [5.41, 5.74) is 4.61. The largest absolute Gasteiger partial charge is 0.462 e. The van der Waals surface area contributed by atoms with E-state index in [-0.39, 0.29) is 29.8 Å². The lowest BCUT2D eigenvalue weighted by Gasteiger charge is -2.40. The van der Waals surface area contributed by atoms with Crippen molar-refractivity contribution < 1.29 is 19.1 Å². The molecule has 0 bridgehead atoms. The van der Waals surface area contributed by atoms with Gasteiger partial charge in [0.1, 0.15) is 10.6 Å². The molecule has 7 nitrogen and oxygen atoms in total. The van der Waals surface area contributed by atoms with E-state index in [1.54, 1.807) is 18.7 Å². The second kappa shape index (κ2) is 14.7. The molecular formula is C37H35N3O4S3. The lowest BCUT2D eigenvalue weighted by molar-refractivity contribution is -0.115. The van der Waals surface area contributed by atoms with Crippen molar-refractivity contribution in [2.75, 3.05) is 22.1 Å². The van der Waals surface area contributed by atoms with E-state index in [9.17, 15) is 14.4 Å². The number of nitrogens with one attached hydrogen (secondary N) is 2. The van der Waals surface area contributed by atoms with Crippen molar-refractivity contribution in [2.45, 2.75) is 53.5 Å². The fraction of sp³-hybridized carbons (Fsp3) is 0.216. The first-order valence-corrected chi connectivity index (χ1v) is 18.1. The van der Waals surface area contributed by atoms with Crippen LogP contribution >= 0.6 is 34.9 Å². The SMILES string of the molecule is CCOC(=O)c1c(-c2ccc(C)cc2)csc1NC(=O)C(CC)Sc1cccc(NC(=O)N2c3ccccc3SC3C=CC=CC32)c1. The number of amides is 3. The number of thioether (sulfide) groups is 2. The van der Waals surface area contributed by atoms with Crippen LogP contribution in [-0.2, 0) is 9.53 Å². The van der Waals surface area contributed by atoms with Gasteiger partial charge < -0.3 is 15.4 Å². The molecule has 1 aliphatic heterocycles. The zero-order valence-electron chi connectivity index (χ0n) is 26.3. The van der Waals surface area contributed by atoms with E-state index >= 15 is 0 Å². The first-order chi connectivity index (χ1) is 22.9. The molecule has 0 radical (unpaired) electrons. The van der Waals surface area contributed by atoms with Crippen molar-refractivity contribution in [1.82, 2.24) is 0 Å². The summed E-state index contributed by atoms with van der Waals surface area (Å²) in [5, 5.41) is 8.15. The number of fused-ring (bicyclic) bond motifs is 2. The Morgan fingerprint density at radius 3 is 2.53 bits per heavy atom. The molecular weight excluding hydrogens is 647 g/mol. The normalized spacial score (nSPS) is 17.0. The average Bonchev–Trinajstić information content (AvgIpc) is 3.50. The van der Waals surface area contributed by atoms with E-state index in [4.69, 9.17) is 4.74 Å². The predicted octanol–water partition coefficient (Wildman–Crippen LogP) is 9.42. The molecule has 4 aromatic rings. The Hall–Kier alpha value is -4.25. The minimum absolute atomic E-state index is 0.103. The molecule has 0 saturated carbocycles. The van der Waals surface area contributed by atoms with Gasteiger partial charge in [0.2, 0.25) is 5.91 Å². The highest BCUT2D eigenvalue weighted by atomic mass is 32.2. The van der Waals surface area contributed by atoms with Gasteiger partial charge in [0, 0.05) is 26.4 Å². The summed E-state index contributed by atoms with van der Waals surface area (Å²) in [4.78, 5) is 44.2. The minimum atomic E-state index is -0.468. The van der Waals surface area contributed by atoms with Gasteiger partial charge in [-0.2, -0.15) is 0 Å². The number of carbonyl (C=O) groups is 3. The Kier molecular flexibility index (Phi) is 10.2. The Morgan fingerprint density at radius 2 is 1.74 bits per heavy atom. The number of benzene rings is 3. The van der Waals surface area contributed by atoms with E-state index < -0.39 is 11.2 Å². The van der Waals surface area contributed by atoms with Crippen molar-refractivity contribution in [1.29, 1.82) is 0 Å². The van der Waals surface area contributed by atoms with Crippen LogP contribution < -0.4 is 15.5 Å². The summed E-state index contributed by atoms with van der Waals surface area (Å²) < 4.78 is 5.38. The molecule has 47 heavy (non-hydrogen) atoms. The lowest BCUT2D eigenvalue weighted by atomic mass is 10.0. The molecule has 3 amide bonds. The Balaban J connectivity index is 1.18. The zero-order chi connectivity index (χ0) is 32.9. The van der Waals surface area contributed by atoms with Gasteiger partial charge in [0.25, 0.3) is 0 Å². The minimum Gasteiger partial charge on any atom is -0.462 e. The third-order valence-corrected chi connectivity index (χ3v) is 11.4. The molecule has 10 heteroatoms. The number of hydrogen-bond acceptors (Lipinski definition) is 7. The van der Waals surface area contributed by atoms with Gasteiger partial charge in [0.05, 0.1) is 28.8 Å². The van der Waals surface area contributed by atoms with Crippen LogP contribution in [0.4, 0.5) is 21.2 Å². The van der Waals surface area contributed by atoms with Crippen LogP contribution in [-0.4, -0.2) is 41.1 Å². The number of esters is 1. The number of para-hydroxylation sites is 1. The van der Waals surface area contributed by atoms with Crippen molar-refractivity contribution in [3.05, 3.63) is 114 Å². The Bertz CT molecular complexity index is 1850. The molecule has 0 fully saturated rings. The van der Waals surface area contributed by atoms with Gasteiger partial charge in [0.15, 0.2) is 0 Å². The zero-order valence-corrected chi connectivity index (χ0v) is 28.7. The summed E-state index contributed by atoms with van der Waals surface area (Å²) in [6.07, 6.45) is 8.77. The highest BCUT2D eigenvalue weighted by Crippen LogP contribution is 2.44. The molecule has 3 aromatic carbocycles. The van der Waals surface area contributed by atoms with Crippen molar-refractivity contribution in [2.24, 2.45) is 0 Å². The van der Waals surface area contributed by atoms with Crippen LogP contribution in [0.1, 0.15) is 36.2 Å². The monoisotopic (exact) mass is 681 g/mol. The summed E-state index contributed by atoms with van der Waals surface area (Å²) in [6.45, 7) is 5.96. The maximum Gasteiger partial charge on any atom is 0.341 e. The summed E-state index contributed by atoms with van der Waals surface area (Å²) in [7, 11) is 0. The molecule has 2 N–H and O–H groups in total. The summed E-state index contributed by atoms with van der Waals surface area (Å²) in [5.74, 6) is -0.676. The molecule has 1 aromatic heterocycles. The number of anilines is 3. The first-order valence-electron chi connectivity index (χ1n) is 15.5. The van der Waals surface area contributed by atoms with Gasteiger partial charge in [-0.15, -0.1) is 34.9 Å². The molecule has 3 unspecified atom stereocenters. The van der Waals surface area contributed by atoms with Crippen molar-refractivity contribution >= 4 is 69.1 Å². The number of nitrogens with zero attached hydrogens (tertiary/aromatic N) is 1. The van der Waals surface area contributed by atoms with Crippen molar-refractivity contribution in [3.8, 4) is 11.1 Å². The van der Waals surface area contributed by atoms with Gasteiger partial charge in [-0.25, -0.2) is 9.59 Å². The smallest absolute Gasteiger partial charge is 0.341 e. The molecule has 6 rings (SSSR count). The fourth-order valence-electron chi connectivity index (χ4n) is 5.54. The number of carbonyl (C=O) groups excluding carboxylic acids is 3. The van der Waals surface area contributed by atoms with Gasteiger partial charge >= 0.3 is 12.0 Å². The molecule has 1 aliphatic carbocycles. The van der Waals surface area contributed by atoms with Crippen molar-refractivity contribution in [3.63, 3.8) is 0 Å². The molecule has 240 valence electrons. The molecule has 2 heterocycles. The van der Waals surface area contributed by atoms with E-state index in [1.807, 2.05) is 109 Å². The number of urea groups is 1. The Labute approximate surface area is 287 Å². The van der Waals surface area contributed by atoms with Crippen LogP contribution in [0.2, 0.25) is 0 Å². The van der Waals surface area contributed by atoms with Crippen LogP contribution in [0.3, 0.4) is 0 Å². The van der Waals surface area contributed by atoms with Crippen LogP contribution in [0.5, 0.6) is 0 Å². The Morgan fingerprint density at radius 1 is 0.957 bits per heavy atom. The number of rotatable bonds is 9. The van der Waals surface area contributed by atoms with E-state index in [0.717, 1.165) is 32.2 Å². The number of ether oxygens (including phenoxy) is 1. The molecule has 0 spiro atoms. The highest BCUT2D eigenvalue weighted by molar-refractivity contribution is 8.00. The predicted molar refractivity (Wildman–Crippen MR) is 195 cm³/mol. The second-order valence-electron chi connectivity index (χ2n) is 11.1. The number of aryl methyl sites for hydroxylation is 1.